The number of hydrogen-bond donors (Lipinski definition) is 0. The number of fused-ring (bicyclic) bond motifs is 8. The summed E-state index contributed by atoms with van der Waals surface area (Å²) in [7, 11) is 0. The molecule has 0 fully saturated rings. The van der Waals surface area contributed by atoms with Gasteiger partial charge in [0, 0.05) is 38.4 Å². The van der Waals surface area contributed by atoms with E-state index in [-0.39, 0.29) is 5.41 Å². The minimum absolute atomic E-state index is 0.115. The average molecular weight is 806 g/mol. The van der Waals surface area contributed by atoms with Crippen LogP contribution in [-0.4, -0.2) is 0 Å². The van der Waals surface area contributed by atoms with Crippen molar-refractivity contribution in [2.45, 2.75) is 19.3 Å². The SMILES string of the molecule is CC1(C)c2ccccc2-c2c(-c3ccccc3N(c3ccc(-c4cccc5oc6c7ccccc7ccc6c45)cc3)c3ccccc3-c3ccccc3-c3ccccc3)cccc21. The van der Waals surface area contributed by atoms with Crippen LogP contribution in [0.2, 0.25) is 0 Å². The quantitative estimate of drug-likeness (QED) is 0.160. The molecule has 0 bridgehead atoms. The van der Waals surface area contributed by atoms with Crippen molar-refractivity contribution in [3.05, 3.63) is 236 Å². The molecule has 2 heteroatoms. The molecule has 0 unspecified atom stereocenters. The summed E-state index contributed by atoms with van der Waals surface area (Å²) < 4.78 is 6.62. The van der Waals surface area contributed by atoms with Gasteiger partial charge in [-0.2, -0.15) is 0 Å². The third kappa shape index (κ3) is 5.86. The third-order valence-electron chi connectivity index (χ3n) is 13.3. The Morgan fingerprint density at radius 1 is 0.365 bits per heavy atom. The first kappa shape index (κ1) is 36.9. The van der Waals surface area contributed by atoms with Gasteiger partial charge in [0.2, 0.25) is 0 Å². The molecule has 298 valence electrons. The molecule has 0 saturated heterocycles. The highest BCUT2D eigenvalue weighted by atomic mass is 16.3. The van der Waals surface area contributed by atoms with Crippen molar-refractivity contribution < 1.29 is 4.42 Å². The highest BCUT2D eigenvalue weighted by Gasteiger charge is 2.37. The van der Waals surface area contributed by atoms with Gasteiger partial charge in [-0.25, -0.2) is 0 Å². The van der Waals surface area contributed by atoms with Gasteiger partial charge < -0.3 is 9.32 Å². The minimum Gasteiger partial charge on any atom is -0.455 e. The summed E-state index contributed by atoms with van der Waals surface area (Å²) in [5.74, 6) is 0. The number of para-hydroxylation sites is 2. The van der Waals surface area contributed by atoms with Crippen LogP contribution < -0.4 is 4.90 Å². The van der Waals surface area contributed by atoms with Crippen LogP contribution in [0.3, 0.4) is 0 Å². The van der Waals surface area contributed by atoms with E-state index >= 15 is 0 Å². The molecule has 0 aliphatic heterocycles. The lowest BCUT2D eigenvalue weighted by Crippen LogP contribution is -2.15. The second-order valence-corrected chi connectivity index (χ2v) is 17.2. The zero-order chi connectivity index (χ0) is 42.1. The van der Waals surface area contributed by atoms with Crippen LogP contribution in [-0.2, 0) is 5.41 Å². The molecule has 0 amide bonds. The second-order valence-electron chi connectivity index (χ2n) is 17.2. The van der Waals surface area contributed by atoms with Crippen molar-refractivity contribution in [2.75, 3.05) is 4.90 Å². The van der Waals surface area contributed by atoms with Gasteiger partial charge in [-0.1, -0.05) is 202 Å². The molecule has 1 aliphatic carbocycles. The second kappa shape index (κ2) is 14.6. The van der Waals surface area contributed by atoms with Crippen molar-refractivity contribution in [3.8, 4) is 55.6 Å². The average Bonchev–Trinajstić information content (AvgIpc) is 3.85. The summed E-state index contributed by atoms with van der Waals surface area (Å²) in [5.41, 5.74) is 19.8. The molecule has 0 saturated carbocycles. The molecule has 0 spiro atoms. The summed E-state index contributed by atoms with van der Waals surface area (Å²) >= 11 is 0. The van der Waals surface area contributed by atoms with E-state index in [1.807, 2.05) is 0 Å². The van der Waals surface area contributed by atoms with Crippen molar-refractivity contribution in [1.29, 1.82) is 0 Å². The molecule has 2 nitrogen and oxygen atoms in total. The molecule has 10 aromatic carbocycles. The van der Waals surface area contributed by atoms with Crippen LogP contribution in [0.25, 0.3) is 88.3 Å². The molecular weight excluding hydrogens is 763 g/mol. The lowest BCUT2D eigenvalue weighted by Gasteiger charge is -2.31. The lowest BCUT2D eigenvalue weighted by atomic mass is 9.82. The van der Waals surface area contributed by atoms with Gasteiger partial charge in [0.1, 0.15) is 11.2 Å². The number of hydrogen-bond acceptors (Lipinski definition) is 2. The van der Waals surface area contributed by atoms with Gasteiger partial charge in [0.25, 0.3) is 0 Å². The topological polar surface area (TPSA) is 16.4 Å². The Kier molecular flexibility index (Phi) is 8.55. The molecule has 11 aromatic rings. The van der Waals surface area contributed by atoms with Gasteiger partial charge in [-0.3, -0.25) is 0 Å². The van der Waals surface area contributed by atoms with E-state index in [0.29, 0.717) is 0 Å². The number of anilines is 3. The highest BCUT2D eigenvalue weighted by Crippen LogP contribution is 2.54. The molecule has 63 heavy (non-hydrogen) atoms. The van der Waals surface area contributed by atoms with Crippen molar-refractivity contribution >= 4 is 49.8 Å². The Morgan fingerprint density at radius 2 is 0.921 bits per heavy atom. The Labute approximate surface area is 368 Å². The van der Waals surface area contributed by atoms with E-state index in [9.17, 15) is 0 Å². The van der Waals surface area contributed by atoms with E-state index < -0.39 is 0 Å². The molecule has 1 heterocycles. The predicted octanol–water partition coefficient (Wildman–Crippen LogP) is 17.2. The molecule has 0 N–H and O–H groups in total. The fourth-order valence-corrected chi connectivity index (χ4v) is 10.4. The highest BCUT2D eigenvalue weighted by molar-refractivity contribution is 6.19. The minimum atomic E-state index is -0.115. The van der Waals surface area contributed by atoms with Crippen LogP contribution in [0.1, 0.15) is 25.0 Å². The van der Waals surface area contributed by atoms with Crippen LogP contribution in [0, 0.1) is 0 Å². The van der Waals surface area contributed by atoms with E-state index in [2.05, 4.69) is 243 Å². The van der Waals surface area contributed by atoms with Gasteiger partial charge in [0.05, 0.1) is 11.4 Å². The number of rotatable bonds is 7. The van der Waals surface area contributed by atoms with Crippen molar-refractivity contribution in [3.63, 3.8) is 0 Å². The lowest BCUT2D eigenvalue weighted by molar-refractivity contribution is 0.660. The molecule has 0 atom stereocenters. The Hall–Kier alpha value is -7.94. The van der Waals surface area contributed by atoms with Crippen LogP contribution >= 0.6 is 0 Å². The zero-order valence-electron chi connectivity index (χ0n) is 35.2. The maximum atomic E-state index is 6.62. The summed E-state index contributed by atoms with van der Waals surface area (Å²) in [4.78, 5) is 2.47. The van der Waals surface area contributed by atoms with Crippen molar-refractivity contribution in [1.82, 2.24) is 0 Å². The first-order valence-electron chi connectivity index (χ1n) is 21.8. The van der Waals surface area contributed by atoms with E-state index in [1.54, 1.807) is 0 Å². The zero-order valence-corrected chi connectivity index (χ0v) is 35.2. The van der Waals surface area contributed by atoms with Crippen LogP contribution in [0.4, 0.5) is 17.1 Å². The maximum Gasteiger partial charge on any atom is 0.143 e. The standard InChI is InChI=1S/C61H43NO/c1-61(2)53-29-13-10-26-51(53)58-50(28-16-30-54(58)61)49-25-12-15-32-56(49)62(55-31-14-11-24-48(55)47-23-9-8-21-44(47)40-18-4-3-5-19-40)43-37-34-42(35-38-43)45-27-17-33-57-59(45)52-39-36-41-20-6-7-22-46(41)60(52)63-57/h3-39H,1-2H3. The van der Waals surface area contributed by atoms with Crippen LogP contribution in [0.15, 0.2) is 229 Å². The largest absolute Gasteiger partial charge is 0.455 e. The maximum absolute atomic E-state index is 6.62. The number of nitrogens with zero attached hydrogens (tertiary/aromatic N) is 1. The molecule has 1 aromatic heterocycles. The van der Waals surface area contributed by atoms with Crippen LogP contribution in [0.5, 0.6) is 0 Å². The smallest absolute Gasteiger partial charge is 0.143 e. The van der Waals surface area contributed by atoms with Gasteiger partial charge in [-0.05, 0) is 97.4 Å². The summed E-state index contributed by atoms with van der Waals surface area (Å²) in [6, 6.07) is 81.6. The molecule has 1 aliphatic rings. The van der Waals surface area contributed by atoms with Gasteiger partial charge >= 0.3 is 0 Å². The first-order valence-corrected chi connectivity index (χ1v) is 21.8. The molecular formula is C61H43NO. The normalized spacial score (nSPS) is 12.7. The summed E-state index contributed by atoms with van der Waals surface area (Å²) in [6.07, 6.45) is 0. The summed E-state index contributed by atoms with van der Waals surface area (Å²) in [6.45, 7) is 4.72. The fourth-order valence-electron chi connectivity index (χ4n) is 10.4. The Morgan fingerprint density at radius 3 is 1.70 bits per heavy atom. The number of furan rings is 1. The Balaban J connectivity index is 1.08. The monoisotopic (exact) mass is 805 g/mol. The molecule has 12 rings (SSSR count). The summed E-state index contributed by atoms with van der Waals surface area (Å²) in [5, 5.41) is 4.57. The van der Waals surface area contributed by atoms with Gasteiger partial charge in [-0.15, -0.1) is 0 Å². The molecule has 0 radical (unpaired) electrons. The fraction of sp³-hybridized carbons (Fsp3) is 0.0492. The van der Waals surface area contributed by atoms with Crippen molar-refractivity contribution in [2.24, 2.45) is 0 Å². The van der Waals surface area contributed by atoms with E-state index in [0.717, 1.165) is 61.1 Å². The van der Waals surface area contributed by atoms with E-state index in [4.69, 9.17) is 4.42 Å². The predicted molar refractivity (Wildman–Crippen MR) is 265 cm³/mol. The first-order chi connectivity index (χ1) is 31.0. The van der Waals surface area contributed by atoms with Gasteiger partial charge in [0.15, 0.2) is 0 Å². The third-order valence-corrected chi connectivity index (χ3v) is 13.3. The Bertz CT molecular complexity index is 3540. The van der Waals surface area contributed by atoms with E-state index in [1.165, 1.54) is 55.5 Å². The number of benzene rings is 10.